The van der Waals surface area contributed by atoms with E-state index in [9.17, 15) is 9.59 Å². The second-order valence-electron chi connectivity index (χ2n) is 4.79. The number of nitrogens with zero attached hydrogens (tertiary/aromatic N) is 1. The number of aromatic nitrogens is 1. The molecule has 0 aliphatic rings. The van der Waals surface area contributed by atoms with Crippen molar-refractivity contribution in [3.8, 4) is 0 Å². The number of nitrogens with one attached hydrogen (secondary N) is 1. The van der Waals surface area contributed by atoms with Crippen LogP contribution in [0.5, 0.6) is 0 Å². The molecule has 2 aromatic rings. The zero-order chi connectivity index (χ0) is 14.5. The van der Waals surface area contributed by atoms with Crippen molar-refractivity contribution >= 4 is 16.7 Å². The van der Waals surface area contributed by atoms with Gasteiger partial charge in [-0.15, -0.1) is 0 Å². The van der Waals surface area contributed by atoms with Crippen LogP contribution in [0.4, 0.5) is 0 Å². The number of hydrogen-bond donors (Lipinski definition) is 2. The number of fused-ring (bicyclic) bond motifs is 1. The first-order chi connectivity index (χ1) is 9.61. The number of carbonyl (C=O) groups is 1. The Hall–Kier alpha value is -2.14. The summed E-state index contributed by atoms with van der Waals surface area (Å²) in [5.74, 6) is -0.0913. The van der Waals surface area contributed by atoms with Gasteiger partial charge in [-0.05, 0) is 24.4 Å². The average molecular weight is 273 g/mol. The molecule has 0 spiro atoms. The summed E-state index contributed by atoms with van der Waals surface area (Å²) in [5.41, 5.74) is 6.37. The van der Waals surface area contributed by atoms with Crippen molar-refractivity contribution < 1.29 is 4.79 Å². The summed E-state index contributed by atoms with van der Waals surface area (Å²) in [7, 11) is 0. The largest absolute Gasteiger partial charge is 0.355 e. The predicted molar refractivity (Wildman–Crippen MR) is 79.6 cm³/mol. The Labute approximate surface area is 117 Å². The Morgan fingerprint density at radius 2 is 2.15 bits per heavy atom. The van der Waals surface area contributed by atoms with Crippen molar-refractivity contribution in [1.29, 1.82) is 0 Å². The van der Waals surface area contributed by atoms with E-state index < -0.39 is 0 Å². The number of carbonyl (C=O) groups excluding carboxylic acids is 1. The zero-order valence-corrected chi connectivity index (χ0v) is 11.6. The highest BCUT2D eigenvalue weighted by atomic mass is 16.1. The van der Waals surface area contributed by atoms with Crippen LogP contribution in [0.1, 0.15) is 12.0 Å². The molecule has 1 aromatic carbocycles. The number of nitrogens with two attached hydrogens (primary N) is 1. The van der Waals surface area contributed by atoms with Crippen LogP contribution in [-0.4, -0.2) is 23.6 Å². The lowest BCUT2D eigenvalue weighted by Crippen LogP contribution is -2.30. The van der Waals surface area contributed by atoms with Crippen molar-refractivity contribution in [3.05, 3.63) is 46.4 Å². The lowest BCUT2D eigenvalue weighted by atomic mass is 10.1. The number of aryl methyl sites for hydroxylation is 2. The SMILES string of the molecule is Cc1ccc2c(=O)n(CCC(=O)NCCN)ccc2c1. The molecule has 0 radical (unpaired) electrons. The molecule has 1 heterocycles. The Kier molecular flexibility index (Phi) is 4.53. The minimum Gasteiger partial charge on any atom is -0.355 e. The molecular weight excluding hydrogens is 254 g/mol. The normalized spacial score (nSPS) is 10.7. The van der Waals surface area contributed by atoms with Gasteiger partial charge in [-0.1, -0.05) is 17.7 Å². The summed E-state index contributed by atoms with van der Waals surface area (Å²) < 4.78 is 1.57. The van der Waals surface area contributed by atoms with E-state index in [2.05, 4.69) is 5.32 Å². The highest BCUT2D eigenvalue weighted by Crippen LogP contribution is 2.11. The summed E-state index contributed by atoms with van der Waals surface area (Å²) in [4.78, 5) is 23.8. The molecular formula is C15H19N3O2. The molecule has 0 saturated heterocycles. The third-order valence-electron chi connectivity index (χ3n) is 3.18. The Morgan fingerprint density at radius 3 is 2.90 bits per heavy atom. The minimum atomic E-state index is -0.0913. The maximum absolute atomic E-state index is 12.3. The van der Waals surface area contributed by atoms with E-state index in [0.717, 1.165) is 10.9 Å². The molecule has 0 atom stereocenters. The maximum Gasteiger partial charge on any atom is 0.258 e. The van der Waals surface area contributed by atoms with Crippen molar-refractivity contribution in [2.45, 2.75) is 19.9 Å². The first-order valence-electron chi connectivity index (χ1n) is 6.68. The van der Waals surface area contributed by atoms with Gasteiger partial charge in [-0.25, -0.2) is 0 Å². The molecule has 3 N–H and O–H groups in total. The van der Waals surface area contributed by atoms with Crippen LogP contribution in [0.3, 0.4) is 0 Å². The van der Waals surface area contributed by atoms with Crippen LogP contribution in [0, 0.1) is 6.92 Å². The zero-order valence-electron chi connectivity index (χ0n) is 11.6. The van der Waals surface area contributed by atoms with Crippen LogP contribution in [0.2, 0.25) is 0 Å². The second kappa shape index (κ2) is 6.34. The molecule has 0 aliphatic carbocycles. The van der Waals surface area contributed by atoms with Crippen molar-refractivity contribution in [2.24, 2.45) is 5.73 Å². The molecule has 5 heteroatoms. The highest BCUT2D eigenvalue weighted by Gasteiger charge is 2.05. The number of benzene rings is 1. The van der Waals surface area contributed by atoms with E-state index in [0.29, 0.717) is 25.0 Å². The fourth-order valence-electron chi connectivity index (χ4n) is 2.11. The van der Waals surface area contributed by atoms with Gasteiger partial charge in [0.1, 0.15) is 0 Å². The van der Waals surface area contributed by atoms with Gasteiger partial charge >= 0.3 is 0 Å². The van der Waals surface area contributed by atoms with Gasteiger partial charge in [0.25, 0.3) is 5.56 Å². The molecule has 0 saturated carbocycles. The van der Waals surface area contributed by atoms with Crippen LogP contribution in [0.15, 0.2) is 35.3 Å². The van der Waals surface area contributed by atoms with Crippen molar-refractivity contribution in [2.75, 3.05) is 13.1 Å². The summed E-state index contributed by atoms with van der Waals surface area (Å²) in [6.07, 6.45) is 2.01. The Bertz CT molecular complexity index is 676. The van der Waals surface area contributed by atoms with E-state index >= 15 is 0 Å². The van der Waals surface area contributed by atoms with Crippen LogP contribution < -0.4 is 16.6 Å². The van der Waals surface area contributed by atoms with Gasteiger partial charge in [0.2, 0.25) is 5.91 Å². The quantitative estimate of drug-likeness (QED) is 0.845. The summed E-state index contributed by atoms with van der Waals surface area (Å²) in [6, 6.07) is 7.64. The summed E-state index contributed by atoms with van der Waals surface area (Å²) in [5, 5.41) is 4.30. The van der Waals surface area contributed by atoms with E-state index in [4.69, 9.17) is 5.73 Å². The van der Waals surface area contributed by atoms with E-state index in [-0.39, 0.29) is 17.9 Å². The average Bonchev–Trinajstić information content (AvgIpc) is 2.44. The fourth-order valence-corrected chi connectivity index (χ4v) is 2.11. The lowest BCUT2D eigenvalue weighted by Gasteiger charge is -2.08. The molecule has 1 amide bonds. The lowest BCUT2D eigenvalue weighted by molar-refractivity contribution is -0.121. The Morgan fingerprint density at radius 1 is 1.35 bits per heavy atom. The second-order valence-corrected chi connectivity index (χ2v) is 4.79. The van der Waals surface area contributed by atoms with E-state index in [1.54, 1.807) is 10.8 Å². The van der Waals surface area contributed by atoms with Gasteiger partial charge < -0.3 is 15.6 Å². The molecule has 0 bridgehead atoms. The molecule has 0 fully saturated rings. The molecule has 20 heavy (non-hydrogen) atoms. The third kappa shape index (κ3) is 3.24. The standard InChI is InChI=1S/C15H19N3O2/c1-11-2-3-13-12(10-11)4-8-18(15(13)20)9-5-14(19)17-7-6-16/h2-4,8,10H,5-7,9,16H2,1H3,(H,17,19). The number of rotatable bonds is 5. The first kappa shape index (κ1) is 14.3. The van der Waals surface area contributed by atoms with Gasteiger partial charge in [-0.3, -0.25) is 9.59 Å². The molecule has 0 aliphatic heterocycles. The molecule has 5 nitrogen and oxygen atoms in total. The number of amides is 1. The maximum atomic E-state index is 12.3. The summed E-state index contributed by atoms with van der Waals surface area (Å²) in [6.45, 7) is 3.25. The third-order valence-corrected chi connectivity index (χ3v) is 3.18. The predicted octanol–water partition coefficient (Wildman–Crippen LogP) is 0.775. The molecule has 106 valence electrons. The van der Waals surface area contributed by atoms with Gasteiger partial charge in [0.15, 0.2) is 0 Å². The van der Waals surface area contributed by atoms with E-state index in [1.807, 2.05) is 31.2 Å². The number of hydrogen-bond acceptors (Lipinski definition) is 3. The van der Waals surface area contributed by atoms with Crippen molar-refractivity contribution in [3.63, 3.8) is 0 Å². The van der Waals surface area contributed by atoms with Crippen molar-refractivity contribution in [1.82, 2.24) is 9.88 Å². The minimum absolute atomic E-state index is 0.0610. The molecule has 1 aromatic heterocycles. The van der Waals surface area contributed by atoms with Crippen LogP contribution in [0.25, 0.3) is 10.8 Å². The Balaban J connectivity index is 2.15. The van der Waals surface area contributed by atoms with Gasteiger partial charge in [0, 0.05) is 37.6 Å². The monoisotopic (exact) mass is 273 g/mol. The van der Waals surface area contributed by atoms with Crippen LogP contribution >= 0.6 is 0 Å². The van der Waals surface area contributed by atoms with E-state index in [1.165, 1.54) is 0 Å². The molecule has 2 rings (SSSR count). The summed E-state index contributed by atoms with van der Waals surface area (Å²) >= 11 is 0. The smallest absolute Gasteiger partial charge is 0.258 e. The highest BCUT2D eigenvalue weighted by molar-refractivity contribution is 5.82. The van der Waals surface area contributed by atoms with Gasteiger partial charge in [0.05, 0.1) is 0 Å². The number of pyridine rings is 1. The topological polar surface area (TPSA) is 77.1 Å². The molecule has 0 unspecified atom stereocenters. The van der Waals surface area contributed by atoms with Gasteiger partial charge in [-0.2, -0.15) is 0 Å². The first-order valence-corrected chi connectivity index (χ1v) is 6.68. The fraction of sp³-hybridized carbons (Fsp3) is 0.333. The van der Waals surface area contributed by atoms with Crippen LogP contribution in [-0.2, 0) is 11.3 Å².